The van der Waals surface area contributed by atoms with Crippen LogP contribution in [0.15, 0.2) is 70.4 Å². The number of benzene rings is 2. The van der Waals surface area contributed by atoms with Gasteiger partial charge in [-0.3, -0.25) is 9.59 Å². The molecule has 30 heavy (non-hydrogen) atoms. The van der Waals surface area contributed by atoms with Gasteiger partial charge in [-0.1, -0.05) is 12.1 Å². The second kappa shape index (κ2) is 8.89. The summed E-state index contributed by atoms with van der Waals surface area (Å²) in [6.45, 7) is 2.80. The third-order valence-electron chi connectivity index (χ3n) is 4.06. The van der Waals surface area contributed by atoms with Crippen molar-refractivity contribution in [2.45, 2.75) is 24.8 Å². The Kier molecular flexibility index (Phi) is 6.28. The lowest BCUT2D eigenvalue weighted by molar-refractivity contribution is -0.117. The normalized spacial score (nSPS) is 12.2. The Morgan fingerprint density at radius 1 is 1.03 bits per heavy atom. The van der Waals surface area contributed by atoms with Crippen LogP contribution in [0.3, 0.4) is 0 Å². The number of anilines is 2. The molecule has 0 aliphatic rings. The Morgan fingerprint density at radius 2 is 1.77 bits per heavy atom. The van der Waals surface area contributed by atoms with Gasteiger partial charge in [-0.25, -0.2) is 13.4 Å². The van der Waals surface area contributed by atoms with Gasteiger partial charge < -0.3 is 15.1 Å². The number of sulfonamides is 1. The molecule has 0 aliphatic heterocycles. The number of nitrogens with one attached hydrogen (secondary N) is 3. The molecule has 0 bridgehead atoms. The van der Waals surface area contributed by atoms with Gasteiger partial charge in [0.1, 0.15) is 0 Å². The lowest BCUT2D eigenvalue weighted by Gasteiger charge is -2.15. The molecule has 0 radical (unpaired) electrons. The molecule has 1 aromatic heterocycles. The molecule has 0 aliphatic carbocycles. The van der Waals surface area contributed by atoms with Crippen LogP contribution in [-0.2, 0) is 19.6 Å². The first kappa shape index (κ1) is 21.2. The number of rotatable bonds is 7. The zero-order valence-electron chi connectivity index (χ0n) is 16.2. The van der Waals surface area contributed by atoms with E-state index >= 15 is 0 Å². The summed E-state index contributed by atoms with van der Waals surface area (Å²) in [5.74, 6) is -0.243. The highest BCUT2D eigenvalue weighted by Crippen LogP contribution is 2.22. The molecule has 3 aromatic rings. The van der Waals surface area contributed by atoms with Gasteiger partial charge in [0, 0.05) is 23.9 Å². The molecule has 3 N–H and O–H groups in total. The summed E-state index contributed by atoms with van der Waals surface area (Å²) in [7, 11) is -3.93. The number of amides is 2. The van der Waals surface area contributed by atoms with Crippen LogP contribution in [0.1, 0.15) is 13.8 Å². The fourth-order valence-corrected chi connectivity index (χ4v) is 3.84. The minimum Gasteiger partial charge on any atom is -0.444 e. The van der Waals surface area contributed by atoms with Crippen molar-refractivity contribution >= 4 is 33.2 Å². The number of carbonyl (C=O) groups excluding carboxylic acids is 2. The molecule has 1 atom stereocenters. The largest absolute Gasteiger partial charge is 0.444 e. The van der Waals surface area contributed by atoms with E-state index in [0.29, 0.717) is 17.1 Å². The number of aromatic nitrogens is 1. The van der Waals surface area contributed by atoms with Gasteiger partial charge in [-0.2, -0.15) is 4.72 Å². The van der Waals surface area contributed by atoms with Crippen molar-refractivity contribution in [1.29, 1.82) is 0 Å². The van der Waals surface area contributed by atoms with Crippen molar-refractivity contribution in [3.8, 4) is 11.3 Å². The molecule has 156 valence electrons. The van der Waals surface area contributed by atoms with Crippen molar-refractivity contribution in [2.24, 2.45) is 0 Å². The van der Waals surface area contributed by atoms with Crippen molar-refractivity contribution in [3.63, 3.8) is 0 Å². The van der Waals surface area contributed by atoms with Crippen LogP contribution < -0.4 is 15.4 Å². The lowest BCUT2D eigenvalue weighted by Crippen LogP contribution is -2.41. The van der Waals surface area contributed by atoms with E-state index in [4.69, 9.17) is 4.42 Å². The van der Waals surface area contributed by atoms with E-state index in [1.54, 1.807) is 30.5 Å². The molecule has 0 spiro atoms. The third kappa shape index (κ3) is 5.31. The standard InChI is InChI=1S/C20H20N4O5S/c1-13(24-30(27,28)18-8-6-16(7-9-18)22-14(2)25)20(26)23-17-5-3-4-15(10-17)19-11-21-12-29-19/h3-13,24H,1-2H3,(H,22,25)(H,23,26)/t13-/m0/s1. The van der Waals surface area contributed by atoms with Crippen LogP contribution in [0, 0.1) is 0 Å². The summed E-state index contributed by atoms with van der Waals surface area (Å²) < 4.78 is 32.7. The van der Waals surface area contributed by atoms with E-state index < -0.39 is 22.0 Å². The van der Waals surface area contributed by atoms with Crippen molar-refractivity contribution in [3.05, 3.63) is 61.1 Å². The minimum atomic E-state index is -3.93. The van der Waals surface area contributed by atoms with Crippen LogP contribution in [0.2, 0.25) is 0 Å². The van der Waals surface area contributed by atoms with Crippen LogP contribution in [0.5, 0.6) is 0 Å². The second-order valence-corrected chi connectivity index (χ2v) is 8.20. The summed E-state index contributed by atoms with van der Waals surface area (Å²) in [5, 5.41) is 5.23. The fraction of sp³-hybridized carbons (Fsp3) is 0.150. The Morgan fingerprint density at radius 3 is 2.40 bits per heavy atom. The third-order valence-corrected chi connectivity index (χ3v) is 5.61. The molecule has 1 heterocycles. The average Bonchev–Trinajstić information content (AvgIpc) is 3.22. The lowest BCUT2D eigenvalue weighted by atomic mass is 10.1. The van der Waals surface area contributed by atoms with Gasteiger partial charge >= 0.3 is 0 Å². The quantitative estimate of drug-likeness (QED) is 0.530. The molecule has 3 rings (SSSR count). The number of hydrogen-bond acceptors (Lipinski definition) is 6. The highest BCUT2D eigenvalue weighted by atomic mass is 32.2. The SMILES string of the molecule is CC(=O)Nc1ccc(S(=O)(=O)N[C@@H](C)C(=O)Nc2cccc(-c3cnco3)c2)cc1. The first-order valence-corrected chi connectivity index (χ1v) is 10.4. The summed E-state index contributed by atoms with van der Waals surface area (Å²) in [6.07, 6.45) is 2.86. The van der Waals surface area contributed by atoms with Crippen LogP contribution >= 0.6 is 0 Å². The maximum atomic E-state index is 12.5. The zero-order valence-corrected chi connectivity index (χ0v) is 17.1. The highest BCUT2D eigenvalue weighted by molar-refractivity contribution is 7.89. The van der Waals surface area contributed by atoms with E-state index in [-0.39, 0.29) is 10.8 Å². The molecular formula is C20H20N4O5S. The van der Waals surface area contributed by atoms with Gasteiger partial charge in [-0.15, -0.1) is 0 Å². The monoisotopic (exact) mass is 428 g/mol. The van der Waals surface area contributed by atoms with Crippen LogP contribution in [0.4, 0.5) is 11.4 Å². The Balaban J connectivity index is 1.66. The summed E-state index contributed by atoms with van der Waals surface area (Å²) in [4.78, 5) is 27.4. The first-order chi connectivity index (χ1) is 14.2. The van der Waals surface area contributed by atoms with Crippen molar-refractivity contribution < 1.29 is 22.4 Å². The van der Waals surface area contributed by atoms with E-state index in [9.17, 15) is 18.0 Å². The predicted molar refractivity (Wildman–Crippen MR) is 111 cm³/mol. The van der Waals surface area contributed by atoms with Crippen LogP contribution in [0.25, 0.3) is 11.3 Å². The fourth-order valence-electron chi connectivity index (χ4n) is 2.63. The van der Waals surface area contributed by atoms with Crippen molar-refractivity contribution in [2.75, 3.05) is 10.6 Å². The maximum Gasteiger partial charge on any atom is 0.242 e. The van der Waals surface area contributed by atoms with Gasteiger partial charge in [0.05, 0.1) is 17.1 Å². The van der Waals surface area contributed by atoms with E-state index in [1.165, 1.54) is 44.5 Å². The molecule has 9 nitrogen and oxygen atoms in total. The summed E-state index contributed by atoms with van der Waals surface area (Å²) in [5.41, 5.74) is 1.68. The molecule has 0 fully saturated rings. The maximum absolute atomic E-state index is 12.5. The van der Waals surface area contributed by atoms with E-state index in [2.05, 4.69) is 20.3 Å². The van der Waals surface area contributed by atoms with Gasteiger partial charge in [-0.05, 0) is 43.3 Å². The Hall–Kier alpha value is -3.50. The predicted octanol–water partition coefficient (Wildman–Crippen LogP) is 2.61. The molecule has 2 amide bonds. The molecule has 10 heteroatoms. The van der Waals surface area contributed by atoms with E-state index in [1.807, 2.05) is 0 Å². The number of nitrogens with zero attached hydrogens (tertiary/aromatic N) is 1. The average molecular weight is 428 g/mol. The topological polar surface area (TPSA) is 130 Å². The molecule has 2 aromatic carbocycles. The Labute approximate surface area is 173 Å². The van der Waals surface area contributed by atoms with Gasteiger partial charge in [0.2, 0.25) is 21.8 Å². The zero-order chi connectivity index (χ0) is 21.7. The van der Waals surface area contributed by atoms with Crippen LogP contribution in [-0.4, -0.2) is 31.3 Å². The Bertz CT molecular complexity index is 1140. The first-order valence-electron chi connectivity index (χ1n) is 8.94. The van der Waals surface area contributed by atoms with E-state index in [0.717, 1.165) is 5.56 Å². The van der Waals surface area contributed by atoms with Gasteiger partial charge in [0.15, 0.2) is 12.2 Å². The number of carbonyl (C=O) groups is 2. The minimum absolute atomic E-state index is 0.0245. The van der Waals surface area contributed by atoms with Gasteiger partial charge in [0.25, 0.3) is 0 Å². The smallest absolute Gasteiger partial charge is 0.242 e. The highest BCUT2D eigenvalue weighted by Gasteiger charge is 2.22. The molecule has 0 unspecified atom stereocenters. The molecular weight excluding hydrogens is 408 g/mol. The van der Waals surface area contributed by atoms with Crippen molar-refractivity contribution in [1.82, 2.24) is 9.71 Å². The number of hydrogen-bond donors (Lipinski definition) is 3. The number of oxazole rings is 1. The summed E-state index contributed by atoms with van der Waals surface area (Å²) >= 11 is 0. The second-order valence-electron chi connectivity index (χ2n) is 6.48. The molecule has 0 saturated carbocycles. The summed E-state index contributed by atoms with van der Waals surface area (Å²) in [6, 6.07) is 11.5. The molecule has 0 saturated heterocycles.